The van der Waals surface area contributed by atoms with E-state index in [1.807, 2.05) is 30.3 Å². The van der Waals surface area contributed by atoms with E-state index in [-0.39, 0.29) is 17.9 Å². The van der Waals surface area contributed by atoms with Gasteiger partial charge in [0.25, 0.3) is 5.91 Å². The van der Waals surface area contributed by atoms with Gasteiger partial charge >= 0.3 is 0 Å². The second-order valence-electron chi connectivity index (χ2n) is 6.04. The van der Waals surface area contributed by atoms with E-state index in [1.54, 1.807) is 11.0 Å². The molecular formula is C18H21N3O3. The summed E-state index contributed by atoms with van der Waals surface area (Å²) >= 11 is 0. The van der Waals surface area contributed by atoms with Gasteiger partial charge in [0.15, 0.2) is 0 Å². The lowest BCUT2D eigenvalue weighted by molar-refractivity contribution is 0.0588. The van der Waals surface area contributed by atoms with Gasteiger partial charge in [-0.15, -0.1) is 0 Å². The van der Waals surface area contributed by atoms with Crippen molar-refractivity contribution in [1.29, 1.82) is 0 Å². The van der Waals surface area contributed by atoms with Crippen LogP contribution in [-0.2, 0) is 5.41 Å². The number of likely N-dealkylation sites (tertiary alicyclic amines) is 1. The van der Waals surface area contributed by atoms with Crippen molar-refractivity contribution in [3.05, 3.63) is 54.0 Å². The third-order valence-electron chi connectivity index (χ3n) is 4.77. The average Bonchev–Trinajstić information content (AvgIpc) is 2.68. The zero-order valence-electron chi connectivity index (χ0n) is 13.7. The molecule has 1 aromatic heterocycles. The molecule has 1 aromatic carbocycles. The maximum Gasteiger partial charge on any atom is 0.272 e. The van der Waals surface area contributed by atoms with Gasteiger partial charge in [0, 0.05) is 24.6 Å². The fraction of sp³-hybridized carbons (Fsp3) is 0.389. The second-order valence-corrected chi connectivity index (χ2v) is 6.04. The van der Waals surface area contributed by atoms with E-state index in [0.717, 1.165) is 18.4 Å². The molecule has 0 saturated carbocycles. The molecule has 1 amide bonds. The van der Waals surface area contributed by atoms with Gasteiger partial charge in [-0.3, -0.25) is 4.79 Å². The Morgan fingerprint density at radius 1 is 1.25 bits per heavy atom. The summed E-state index contributed by atoms with van der Waals surface area (Å²) in [7, 11) is 1.51. The van der Waals surface area contributed by atoms with Gasteiger partial charge in [-0.1, -0.05) is 30.3 Å². The molecule has 24 heavy (non-hydrogen) atoms. The van der Waals surface area contributed by atoms with Crippen molar-refractivity contribution in [2.45, 2.75) is 18.3 Å². The number of nitrogens with zero attached hydrogens (tertiary/aromatic N) is 3. The van der Waals surface area contributed by atoms with Crippen molar-refractivity contribution < 1.29 is 14.6 Å². The molecule has 3 rings (SSSR count). The van der Waals surface area contributed by atoms with E-state index >= 15 is 0 Å². The number of methoxy groups -OCH3 is 1. The lowest BCUT2D eigenvalue weighted by Crippen LogP contribution is -2.47. The number of carbonyl (C=O) groups excluding carboxylic acids is 1. The SMILES string of the molecule is COc1cc(C(=O)N2CCC(CO)(c3ccccc3)CC2)ncn1. The first-order valence-corrected chi connectivity index (χ1v) is 8.00. The number of aliphatic hydroxyl groups is 1. The van der Waals surface area contributed by atoms with Crippen molar-refractivity contribution >= 4 is 5.91 Å². The third kappa shape index (κ3) is 3.10. The van der Waals surface area contributed by atoms with Gasteiger partial charge in [-0.25, -0.2) is 9.97 Å². The van der Waals surface area contributed by atoms with Crippen molar-refractivity contribution in [2.75, 3.05) is 26.8 Å². The van der Waals surface area contributed by atoms with Crippen molar-refractivity contribution in [2.24, 2.45) is 0 Å². The van der Waals surface area contributed by atoms with Crippen LogP contribution in [0.15, 0.2) is 42.7 Å². The van der Waals surface area contributed by atoms with E-state index in [0.29, 0.717) is 24.7 Å². The Kier molecular flexibility index (Phi) is 4.76. The monoisotopic (exact) mass is 327 g/mol. The van der Waals surface area contributed by atoms with Gasteiger partial charge in [-0.05, 0) is 18.4 Å². The first-order chi connectivity index (χ1) is 11.7. The highest BCUT2D eigenvalue weighted by Crippen LogP contribution is 2.35. The molecule has 1 aliphatic rings. The molecule has 1 fully saturated rings. The Balaban J connectivity index is 1.73. The van der Waals surface area contributed by atoms with Crippen molar-refractivity contribution in [1.82, 2.24) is 14.9 Å². The van der Waals surface area contributed by atoms with Gasteiger partial charge in [-0.2, -0.15) is 0 Å². The molecule has 2 aromatic rings. The summed E-state index contributed by atoms with van der Waals surface area (Å²) in [6, 6.07) is 11.6. The van der Waals surface area contributed by atoms with Crippen LogP contribution in [0.3, 0.4) is 0 Å². The number of hydrogen-bond donors (Lipinski definition) is 1. The quantitative estimate of drug-likeness (QED) is 0.924. The number of aliphatic hydroxyl groups excluding tert-OH is 1. The Morgan fingerprint density at radius 3 is 2.58 bits per heavy atom. The second kappa shape index (κ2) is 6.97. The molecule has 126 valence electrons. The van der Waals surface area contributed by atoms with Crippen LogP contribution in [0.5, 0.6) is 5.88 Å². The zero-order chi connectivity index (χ0) is 17.0. The van der Waals surface area contributed by atoms with Crippen molar-refractivity contribution in [3.8, 4) is 5.88 Å². The molecule has 0 radical (unpaired) electrons. The summed E-state index contributed by atoms with van der Waals surface area (Å²) in [6.45, 7) is 1.25. The number of carbonyl (C=O) groups is 1. The number of hydrogen-bond acceptors (Lipinski definition) is 5. The third-order valence-corrected chi connectivity index (χ3v) is 4.77. The minimum atomic E-state index is -0.276. The van der Waals surface area contributed by atoms with Gasteiger partial charge in [0.05, 0.1) is 13.7 Å². The summed E-state index contributed by atoms with van der Waals surface area (Å²) in [5, 5.41) is 9.96. The maximum atomic E-state index is 12.6. The molecule has 1 saturated heterocycles. The molecule has 0 spiro atoms. The van der Waals surface area contributed by atoms with Gasteiger partial charge in [0.1, 0.15) is 12.0 Å². The van der Waals surface area contributed by atoms with Crippen LogP contribution in [0.2, 0.25) is 0 Å². The summed E-state index contributed by atoms with van der Waals surface area (Å²) in [5.74, 6) is 0.245. The highest BCUT2D eigenvalue weighted by molar-refractivity contribution is 5.92. The van der Waals surface area contributed by atoms with Crippen molar-refractivity contribution in [3.63, 3.8) is 0 Å². The van der Waals surface area contributed by atoms with Crippen LogP contribution in [-0.4, -0.2) is 52.7 Å². The predicted molar refractivity (Wildman–Crippen MR) is 88.9 cm³/mol. The first kappa shape index (κ1) is 16.4. The van der Waals surface area contributed by atoms with Crippen LogP contribution in [0, 0.1) is 0 Å². The van der Waals surface area contributed by atoms with Crippen LogP contribution >= 0.6 is 0 Å². The van der Waals surface area contributed by atoms with Crippen LogP contribution in [0.25, 0.3) is 0 Å². The standard InChI is InChI=1S/C18H21N3O3/c1-24-16-11-15(19-13-20-16)17(23)21-9-7-18(12-22,8-10-21)14-5-3-2-4-6-14/h2-6,11,13,22H,7-10,12H2,1H3. The summed E-state index contributed by atoms with van der Waals surface area (Å²) < 4.78 is 5.05. The minimum absolute atomic E-state index is 0.0837. The Labute approximate surface area is 141 Å². The molecule has 6 nitrogen and oxygen atoms in total. The summed E-state index contributed by atoms with van der Waals surface area (Å²) in [4.78, 5) is 22.4. The molecule has 6 heteroatoms. The Morgan fingerprint density at radius 2 is 1.96 bits per heavy atom. The number of piperidine rings is 1. The van der Waals surface area contributed by atoms with Gasteiger partial charge < -0.3 is 14.7 Å². The zero-order valence-corrected chi connectivity index (χ0v) is 13.7. The van der Waals surface area contributed by atoms with E-state index in [2.05, 4.69) is 9.97 Å². The van der Waals surface area contributed by atoms with Crippen LogP contribution < -0.4 is 4.74 Å². The summed E-state index contributed by atoms with van der Waals surface area (Å²) in [6.07, 6.45) is 2.78. The fourth-order valence-electron chi connectivity index (χ4n) is 3.20. The lowest BCUT2D eigenvalue weighted by atomic mass is 9.73. The first-order valence-electron chi connectivity index (χ1n) is 8.00. The van der Waals surface area contributed by atoms with E-state index in [1.165, 1.54) is 13.4 Å². The highest BCUT2D eigenvalue weighted by atomic mass is 16.5. The van der Waals surface area contributed by atoms with Crippen LogP contribution in [0.4, 0.5) is 0 Å². The molecular weight excluding hydrogens is 306 g/mol. The normalized spacial score (nSPS) is 16.7. The minimum Gasteiger partial charge on any atom is -0.481 e. The molecule has 0 aliphatic carbocycles. The van der Waals surface area contributed by atoms with E-state index < -0.39 is 0 Å². The smallest absolute Gasteiger partial charge is 0.272 e. The van der Waals surface area contributed by atoms with Crippen LogP contribution in [0.1, 0.15) is 28.9 Å². The molecule has 0 unspecified atom stereocenters. The maximum absolute atomic E-state index is 12.6. The van der Waals surface area contributed by atoms with E-state index in [4.69, 9.17) is 4.74 Å². The number of amides is 1. The average molecular weight is 327 g/mol. The topological polar surface area (TPSA) is 75.5 Å². The van der Waals surface area contributed by atoms with E-state index in [9.17, 15) is 9.90 Å². The highest BCUT2D eigenvalue weighted by Gasteiger charge is 2.37. The largest absolute Gasteiger partial charge is 0.481 e. The molecule has 1 aliphatic heterocycles. The Bertz CT molecular complexity index is 698. The number of benzene rings is 1. The Hall–Kier alpha value is -2.47. The van der Waals surface area contributed by atoms with Gasteiger partial charge in [0.2, 0.25) is 5.88 Å². The predicted octanol–water partition coefficient (Wildman–Crippen LogP) is 1.65. The molecule has 2 heterocycles. The molecule has 0 atom stereocenters. The number of ether oxygens (including phenoxy) is 1. The lowest BCUT2D eigenvalue weighted by Gasteiger charge is -2.41. The number of aromatic nitrogens is 2. The summed E-state index contributed by atoms with van der Waals surface area (Å²) in [5.41, 5.74) is 1.18. The molecule has 0 bridgehead atoms. The fourth-order valence-corrected chi connectivity index (χ4v) is 3.20. The number of rotatable bonds is 4. The molecule has 1 N–H and O–H groups in total.